The molecule has 0 bridgehead atoms. The van der Waals surface area contributed by atoms with E-state index in [-0.39, 0.29) is 30.5 Å². The van der Waals surface area contributed by atoms with Crippen LogP contribution in [0, 0.1) is 0 Å². The summed E-state index contributed by atoms with van der Waals surface area (Å²) >= 11 is 0. The first-order valence-electron chi connectivity index (χ1n) is 8.72. The molecule has 0 saturated heterocycles. The molecule has 6 nitrogen and oxygen atoms in total. The largest absolute Gasteiger partial charge is 0.493 e. The predicted molar refractivity (Wildman–Crippen MR) is 101 cm³/mol. The van der Waals surface area contributed by atoms with Crippen LogP contribution < -0.4 is 19.5 Å². The van der Waals surface area contributed by atoms with Crippen LogP contribution in [0.5, 0.6) is 17.2 Å². The van der Waals surface area contributed by atoms with Crippen LogP contribution in [0.15, 0.2) is 48.5 Å². The fourth-order valence-electron chi connectivity index (χ4n) is 2.43. The van der Waals surface area contributed by atoms with Gasteiger partial charge in [-0.25, -0.2) is 0 Å². The van der Waals surface area contributed by atoms with Crippen molar-refractivity contribution < 1.29 is 27.8 Å². The Morgan fingerprint density at radius 2 is 1.89 bits per heavy atom. The highest BCUT2D eigenvalue weighted by Gasteiger charge is 2.12. The maximum atomic E-state index is 12.3. The first-order valence-corrected chi connectivity index (χ1v) is 8.72. The topological polar surface area (TPSA) is 60.0 Å². The molecule has 0 spiro atoms. The van der Waals surface area contributed by atoms with Gasteiger partial charge in [0.15, 0.2) is 11.5 Å². The Kier molecular flexibility index (Phi) is 8.48. The van der Waals surface area contributed by atoms with Crippen LogP contribution in [-0.2, 0) is 11.3 Å². The number of amides is 1. The molecule has 1 N–H and O–H groups in total. The Bertz CT molecular complexity index is 744. The summed E-state index contributed by atoms with van der Waals surface area (Å²) < 4.78 is 39.7. The van der Waals surface area contributed by atoms with Gasteiger partial charge in [0, 0.05) is 13.1 Å². The number of ether oxygens (including phenoxy) is 3. The second kappa shape index (κ2) is 11.1. The molecule has 0 aromatic heterocycles. The van der Waals surface area contributed by atoms with Crippen molar-refractivity contribution in [3.63, 3.8) is 0 Å². The molecule has 1 amide bonds. The van der Waals surface area contributed by atoms with E-state index in [1.165, 1.54) is 13.2 Å². The van der Waals surface area contributed by atoms with Crippen LogP contribution in [0.25, 0.3) is 0 Å². The van der Waals surface area contributed by atoms with Gasteiger partial charge in [0.1, 0.15) is 12.4 Å². The summed E-state index contributed by atoms with van der Waals surface area (Å²) in [7, 11) is 3.19. The van der Waals surface area contributed by atoms with Crippen molar-refractivity contribution >= 4 is 5.91 Å². The Morgan fingerprint density at radius 3 is 2.57 bits per heavy atom. The lowest BCUT2D eigenvalue weighted by atomic mass is 10.2. The molecule has 0 fully saturated rings. The minimum atomic E-state index is -2.93. The van der Waals surface area contributed by atoms with Crippen LogP contribution in [0.2, 0.25) is 0 Å². The molecule has 0 heterocycles. The summed E-state index contributed by atoms with van der Waals surface area (Å²) in [6.45, 7) is -1.41. The van der Waals surface area contributed by atoms with E-state index in [0.717, 1.165) is 5.75 Å². The highest BCUT2D eigenvalue weighted by atomic mass is 19.3. The van der Waals surface area contributed by atoms with Crippen molar-refractivity contribution in [3.05, 3.63) is 54.1 Å². The van der Waals surface area contributed by atoms with Gasteiger partial charge < -0.3 is 19.5 Å². The molecule has 0 unspecified atom stereocenters. The minimum Gasteiger partial charge on any atom is -0.493 e. The van der Waals surface area contributed by atoms with Gasteiger partial charge >= 0.3 is 6.61 Å². The number of rotatable bonds is 11. The fraction of sp³-hybridized carbons (Fsp3) is 0.350. The number of likely N-dealkylation sites (N-methyl/N-ethyl adjacent to an activating group) is 1. The van der Waals surface area contributed by atoms with Crippen molar-refractivity contribution in [3.8, 4) is 17.2 Å². The van der Waals surface area contributed by atoms with E-state index in [9.17, 15) is 13.6 Å². The van der Waals surface area contributed by atoms with Gasteiger partial charge in [-0.05, 0) is 36.9 Å². The average Bonchev–Trinajstić information content (AvgIpc) is 2.67. The first kappa shape index (κ1) is 21.4. The molecule has 8 heteroatoms. The Hall–Kier alpha value is -2.87. The van der Waals surface area contributed by atoms with Crippen LogP contribution >= 0.6 is 0 Å². The highest BCUT2D eigenvalue weighted by molar-refractivity contribution is 5.78. The molecule has 28 heavy (non-hydrogen) atoms. The summed E-state index contributed by atoms with van der Waals surface area (Å²) in [5.74, 6) is 0.760. The maximum Gasteiger partial charge on any atom is 0.387 e. The molecule has 0 radical (unpaired) electrons. The van der Waals surface area contributed by atoms with Gasteiger partial charge in [0.05, 0.1) is 13.7 Å². The Balaban J connectivity index is 1.73. The van der Waals surface area contributed by atoms with Crippen LogP contribution in [0.3, 0.4) is 0 Å². The summed E-state index contributed by atoms with van der Waals surface area (Å²) in [6.07, 6.45) is 0. The monoisotopic (exact) mass is 394 g/mol. The second-order valence-electron chi connectivity index (χ2n) is 6.04. The van der Waals surface area contributed by atoms with E-state index < -0.39 is 6.61 Å². The molecule has 0 aliphatic heterocycles. The third kappa shape index (κ3) is 7.40. The zero-order valence-electron chi connectivity index (χ0n) is 15.9. The van der Waals surface area contributed by atoms with Gasteiger partial charge in [-0.2, -0.15) is 8.78 Å². The van der Waals surface area contributed by atoms with Gasteiger partial charge in [-0.15, -0.1) is 0 Å². The summed E-state index contributed by atoms with van der Waals surface area (Å²) in [5.41, 5.74) is 0.710. The molecule has 2 aromatic rings. The summed E-state index contributed by atoms with van der Waals surface area (Å²) in [6, 6.07) is 14.0. The molecule has 0 aliphatic carbocycles. The van der Waals surface area contributed by atoms with Gasteiger partial charge in [-0.3, -0.25) is 9.69 Å². The molecule has 0 atom stereocenters. The highest BCUT2D eigenvalue weighted by Crippen LogP contribution is 2.29. The van der Waals surface area contributed by atoms with Crippen molar-refractivity contribution in [2.24, 2.45) is 0 Å². The predicted octanol–water partition coefficient (Wildman–Crippen LogP) is 2.92. The number of carbonyl (C=O) groups excluding carboxylic acids is 1. The van der Waals surface area contributed by atoms with E-state index in [0.29, 0.717) is 18.7 Å². The Morgan fingerprint density at radius 1 is 1.14 bits per heavy atom. The third-order valence-electron chi connectivity index (χ3n) is 3.83. The van der Waals surface area contributed by atoms with E-state index in [1.54, 1.807) is 12.1 Å². The normalized spacial score (nSPS) is 10.8. The average molecular weight is 394 g/mol. The van der Waals surface area contributed by atoms with Crippen molar-refractivity contribution in [1.29, 1.82) is 0 Å². The van der Waals surface area contributed by atoms with E-state index in [1.807, 2.05) is 42.3 Å². The number of methoxy groups -OCH3 is 1. The van der Waals surface area contributed by atoms with Crippen molar-refractivity contribution in [2.45, 2.75) is 13.2 Å². The van der Waals surface area contributed by atoms with Gasteiger partial charge in [0.2, 0.25) is 5.91 Å². The molecule has 2 aromatic carbocycles. The van der Waals surface area contributed by atoms with E-state index in [2.05, 4.69) is 10.1 Å². The lowest BCUT2D eigenvalue weighted by Crippen LogP contribution is -2.36. The molecule has 0 saturated carbocycles. The summed E-state index contributed by atoms with van der Waals surface area (Å²) in [4.78, 5) is 13.9. The zero-order chi connectivity index (χ0) is 20.4. The second-order valence-corrected chi connectivity index (χ2v) is 6.04. The Labute approximate surface area is 163 Å². The number of halogens is 2. The van der Waals surface area contributed by atoms with Crippen LogP contribution in [0.4, 0.5) is 8.78 Å². The lowest BCUT2D eigenvalue weighted by Gasteiger charge is -2.17. The SMILES string of the molecule is COc1cc(CNC(=O)CN(C)CCOc2ccccc2)ccc1OC(F)F. The summed E-state index contributed by atoms with van der Waals surface area (Å²) in [5, 5.41) is 2.78. The molecule has 2 rings (SSSR count). The molecule has 0 aliphatic rings. The molecular weight excluding hydrogens is 370 g/mol. The van der Waals surface area contributed by atoms with Crippen LogP contribution in [0.1, 0.15) is 5.56 Å². The molecular formula is C20H24F2N2O4. The lowest BCUT2D eigenvalue weighted by molar-refractivity contribution is -0.122. The van der Waals surface area contributed by atoms with E-state index >= 15 is 0 Å². The number of benzene rings is 2. The van der Waals surface area contributed by atoms with E-state index in [4.69, 9.17) is 9.47 Å². The maximum absolute atomic E-state index is 12.3. The quantitative estimate of drug-likeness (QED) is 0.635. The van der Waals surface area contributed by atoms with Gasteiger partial charge in [0.25, 0.3) is 0 Å². The van der Waals surface area contributed by atoms with Crippen molar-refractivity contribution in [1.82, 2.24) is 10.2 Å². The minimum absolute atomic E-state index is 0.0503. The van der Waals surface area contributed by atoms with Gasteiger partial charge in [-0.1, -0.05) is 24.3 Å². The molecule has 152 valence electrons. The van der Waals surface area contributed by atoms with Crippen LogP contribution in [-0.4, -0.2) is 51.3 Å². The third-order valence-corrected chi connectivity index (χ3v) is 3.83. The fourth-order valence-corrected chi connectivity index (χ4v) is 2.43. The number of carbonyl (C=O) groups is 1. The van der Waals surface area contributed by atoms with Crippen molar-refractivity contribution in [2.75, 3.05) is 33.9 Å². The number of nitrogens with one attached hydrogen (secondary N) is 1. The number of nitrogens with zero attached hydrogens (tertiary/aromatic N) is 1. The number of alkyl halides is 2. The standard InChI is InChI=1S/C20H24F2N2O4/c1-24(10-11-27-16-6-4-3-5-7-16)14-19(25)23-13-15-8-9-17(28-20(21)22)18(12-15)26-2/h3-9,12,20H,10-11,13-14H2,1-2H3,(H,23,25). The zero-order valence-corrected chi connectivity index (χ0v) is 15.9. The number of para-hydroxylation sites is 1. The smallest absolute Gasteiger partial charge is 0.387 e. The first-order chi connectivity index (χ1) is 13.5. The number of hydrogen-bond donors (Lipinski definition) is 1. The number of hydrogen-bond acceptors (Lipinski definition) is 5.